The van der Waals surface area contributed by atoms with Crippen LogP contribution in [0.5, 0.6) is 0 Å². The number of sulfonamides is 1. The van der Waals surface area contributed by atoms with Gasteiger partial charge in [-0.05, 0) is 55.7 Å². The zero-order valence-corrected chi connectivity index (χ0v) is 22.2. The molecule has 2 atom stereocenters. The second-order valence-corrected chi connectivity index (χ2v) is 11.7. The molecule has 9 nitrogen and oxygen atoms in total. The molecule has 3 N–H and O–H groups in total. The average Bonchev–Trinajstić information content (AvgIpc) is 2.84. The van der Waals surface area contributed by atoms with Crippen molar-refractivity contribution in [1.82, 2.24) is 20.3 Å². The zero-order valence-electron chi connectivity index (χ0n) is 21.4. The van der Waals surface area contributed by atoms with Gasteiger partial charge in [-0.15, -0.1) is 0 Å². The normalized spacial score (nSPS) is 21.2. The summed E-state index contributed by atoms with van der Waals surface area (Å²) >= 11 is 0. The molecule has 1 saturated carbocycles. The number of nitrogens with one attached hydrogen (secondary N) is 3. The average molecular weight is 521 g/mol. The van der Waals surface area contributed by atoms with Gasteiger partial charge in [0, 0.05) is 25.0 Å². The molecular weight excluding hydrogens is 480 g/mol. The number of carbonyl (C=O) groups is 3. The summed E-state index contributed by atoms with van der Waals surface area (Å²) in [5.41, 5.74) is 0.834. The van der Waals surface area contributed by atoms with E-state index in [-0.39, 0.29) is 34.7 Å². The van der Waals surface area contributed by atoms with Crippen LogP contribution in [0.4, 0.5) is 9.59 Å². The number of imide groups is 1. The molecule has 1 aliphatic heterocycles. The summed E-state index contributed by atoms with van der Waals surface area (Å²) < 4.78 is 27.2. The first kappa shape index (κ1) is 28.0. The van der Waals surface area contributed by atoms with Crippen LogP contribution >= 0.6 is 0 Å². The number of unbranched alkanes of at least 4 members (excludes halogenated alkanes) is 1. The van der Waals surface area contributed by atoms with E-state index in [9.17, 15) is 22.8 Å². The molecule has 2 aliphatic rings. The minimum Gasteiger partial charge on any atom is -0.337 e. The van der Waals surface area contributed by atoms with Gasteiger partial charge in [-0.25, -0.2) is 22.7 Å². The van der Waals surface area contributed by atoms with E-state index in [0.29, 0.717) is 19.5 Å². The summed E-state index contributed by atoms with van der Waals surface area (Å²) in [6.45, 7) is 4.93. The first-order chi connectivity index (χ1) is 17.2. The monoisotopic (exact) mass is 520 g/mol. The van der Waals surface area contributed by atoms with Crippen LogP contribution in [0.1, 0.15) is 77.2 Å². The highest BCUT2D eigenvalue weighted by molar-refractivity contribution is 7.90. The van der Waals surface area contributed by atoms with Crippen LogP contribution in [0, 0.1) is 11.8 Å². The largest absolute Gasteiger partial charge is 0.337 e. The summed E-state index contributed by atoms with van der Waals surface area (Å²) in [4.78, 5) is 38.9. The highest BCUT2D eigenvalue weighted by Gasteiger charge is 2.36. The Hall–Kier alpha value is -2.62. The Morgan fingerprint density at radius 1 is 1.06 bits per heavy atom. The van der Waals surface area contributed by atoms with Crippen molar-refractivity contribution >= 4 is 28.0 Å². The molecule has 1 aliphatic carbocycles. The van der Waals surface area contributed by atoms with Crippen LogP contribution in [0.3, 0.4) is 0 Å². The standard InChI is InChI=1S/C26H40N4O5S/c1-3-4-10-23-19(2)16-18-30(24(23)31)26(33)27-17-15-20-11-13-22(14-12-20)36(34,35)29-25(32)28-21-8-6-5-7-9-21/h11-14,19,21,23H,3-10,15-18H2,1-2H3,(H,27,33)(H2,28,29,32). The molecule has 1 saturated heterocycles. The number of piperidine rings is 1. The number of amides is 5. The van der Waals surface area contributed by atoms with Crippen molar-refractivity contribution in [3.8, 4) is 0 Å². The van der Waals surface area contributed by atoms with Crippen molar-refractivity contribution in [3.05, 3.63) is 29.8 Å². The molecule has 0 aromatic heterocycles. The van der Waals surface area contributed by atoms with E-state index in [2.05, 4.69) is 29.2 Å². The first-order valence-corrected chi connectivity index (χ1v) is 14.7. The van der Waals surface area contributed by atoms with E-state index in [1.54, 1.807) is 12.1 Å². The lowest BCUT2D eigenvalue weighted by Gasteiger charge is -2.35. The summed E-state index contributed by atoms with van der Waals surface area (Å²) in [6.07, 6.45) is 9.05. The molecule has 1 aromatic carbocycles. The summed E-state index contributed by atoms with van der Waals surface area (Å²) in [5.74, 6) is 0.0994. The lowest BCUT2D eigenvalue weighted by molar-refractivity contribution is -0.137. The molecule has 3 rings (SSSR count). The minimum atomic E-state index is -3.97. The van der Waals surface area contributed by atoms with Gasteiger partial charge in [0.2, 0.25) is 5.91 Å². The third kappa shape index (κ3) is 7.69. The van der Waals surface area contributed by atoms with Crippen molar-refractivity contribution in [2.24, 2.45) is 11.8 Å². The van der Waals surface area contributed by atoms with E-state index in [1.165, 1.54) is 17.0 Å². The Bertz CT molecular complexity index is 1010. The van der Waals surface area contributed by atoms with Gasteiger partial charge in [-0.1, -0.05) is 58.1 Å². The second-order valence-electron chi connectivity index (χ2n) is 10.0. The van der Waals surface area contributed by atoms with E-state index in [0.717, 1.165) is 63.4 Å². The number of hydrogen-bond donors (Lipinski definition) is 3. The molecule has 5 amide bonds. The molecule has 1 heterocycles. The van der Waals surface area contributed by atoms with Gasteiger partial charge in [0.25, 0.3) is 10.0 Å². The molecule has 0 spiro atoms. The number of urea groups is 2. The SMILES string of the molecule is CCCCC1C(=O)N(C(=O)NCCc2ccc(S(=O)(=O)NC(=O)NC3CCCCC3)cc2)CCC1C. The third-order valence-corrected chi connectivity index (χ3v) is 8.63. The molecule has 36 heavy (non-hydrogen) atoms. The smallest absolute Gasteiger partial charge is 0.328 e. The van der Waals surface area contributed by atoms with Crippen LogP contribution in [-0.2, 0) is 21.2 Å². The lowest BCUT2D eigenvalue weighted by atomic mass is 9.83. The van der Waals surface area contributed by atoms with Crippen molar-refractivity contribution in [1.29, 1.82) is 0 Å². The molecule has 0 bridgehead atoms. The molecule has 10 heteroatoms. The van der Waals surface area contributed by atoms with Crippen molar-refractivity contribution in [3.63, 3.8) is 0 Å². The Morgan fingerprint density at radius 2 is 1.75 bits per heavy atom. The minimum absolute atomic E-state index is 0.000217. The van der Waals surface area contributed by atoms with Gasteiger partial charge in [0.1, 0.15) is 0 Å². The lowest BCUT2D eigenvalue weighted by Crippen LogP contribution is -2.51. The predicted octanol–water partition coefficient (Wildman–Crippen LogP) is 3.93. The van der Waals surface area contributed by atoms with Crippen LogP contribution in [0.25, 0.3) is 0 Å². The highest BCUT2D eigenvalue weighted by atomic mass is 32.2. The maximum atomic E-state index is 12.8. The van der Waals surface area contributed by atoms with Gasteiger partial charge >= 0.3 is 12.1 Å². The predicted molar refractivity (Wildman–Crippen MR) is 138 cm³/mol. The maximum Gasteiger partial charge on any atom is 0.328 e. The molecule has 2 unspecified atom stereocenters. The van der Waals surface area contributed by atoms with Gasteiger partial charge in [0.05, 0.1) is 4.90 Å². The van der Waals surface area contributed by atoms with Crippen LogP contribution in [-0.4, -0.2) is 50.4 Å². The van der Waals surface area contributed by atoms with Crippen molar-refractivity contribution in [2.75, 3.05) is 13.1 Å². The Morgan fingerprint density at radius 3 is 2.42 bits per heavy atom. The van der Waals surface area contributed by atoms with Gasteiger partial charge < -0.3 is 10.6 Å². The molecule has 1 aromatic rings. The number of benzene rings is 1. The van der Waals surface area contributed by atoms with E-state index in [4.69, 9.17) is 0 Å². The maximum absolute atomic E-state index is 12.8. The van der Waals surface area contributed by atoms with Crippen molar-refractivity contribution in [2.45, 2.75) is 89.0 Å². The van der Waals surface area contributed by atoms with E-state index < -0.39 is 16.1 Å². The van der Waals surface area contributed by atoms with Crippen LogP contribution in [0.15, 0.2) is 29.2 Å². The first-order valence-electron chi connectivity index (χ1n) is 13.2. The number of likely N-dealkylation sites (tertiary alicyclic amines) is 1. The van der Waals surface area contributed by atoms with E-state index in [1.807, 2.05) is 0 Å². The summed E-state index contributed by atoms with van der Waals surface area (Å²) in [5, 5.41) is 5.56. The quantitative estimate of drug-likeness (QED) is 0.455. The molecule has 200 valence electrons. The van der Waals surface area contributed by atoms with Gasteiger partial charge in [-0.2, -0.15) is 0 Å². The van der Waals surface area contributed by atoms with Crippen LogP contribution in [0.2, 0.25) is 0 Å². The summed E-state index contributed by atoms with van der Waals surface area (Å²) in [6, 6.07) is 5.15. The number of rotatable bonds is 9. The van der Waals surface area contributed by atoms with Gasteiger partial charge in [0.15, 0.2) is 0 Å². The van der Waals surface area contributed by atoms with Crippen molar-refractivity contribution < 1.29 is 22.8 Å². The fourth-order valence-corrected chi connectivity index (χ4v) is 5.92. The fraction of sp³-hybridized carbons (Fsp3) is 0.654. The van der Waals surface area contributed by atoms with Crippen LogP contribution < -0.4 is 15.4 Å². The van der Waals surface area contributed by atoms with E-state index >= 15 is 0 Å². The topological polar surface area (TPSA) is 125 Å². The highest BCUT2D eigenvalue weighted by Crippen LogP contribution is 2.28. The Kier molecular flexibility index (Phi) is 10.2. The fourth-order valence-electron chi connectivity index (χ4n) is 5.01. The third-order valence-electron chi connectivity index (χ3n) is 7.28. The zero-order chi connectivity index (χ0) is 26.1. The Labute approximate surface area is 214 Å². The second kappa shape index (κ2) is 13.1. The number of nitrogens with zero attached hydrogens (tertiary/aromatic N) is 1. The Balaban J connectivity index is 1.46. The number of hydrogen-bond acceptors (Lipinski definition) is 5. The summed E-state index contributed by atoms with van der Waals surface area (Å²) in [7, 11) is -3.97. The molecule has 2 fully saturated rings. The number of carbonyl (C=O) groups excluding carboxylic acids is 3. The molecule has 0 radical (unpaired) electrons. The molecular formula is C26H40N4O5S. The van der Waals surface area contributed by atoms with Gasteiger partial charge in [-0.3, -0.25) is 9.69 Å².